The molecular weight excluding hydrogens is 300 g/mol. The fourth-order valence-corrected chi connectivity index (χ4v) is 3.36. The number of aromatic nitrogens is 1. The van der Waals surface area contributed by atoms with Crippen molar-refractivity contribution in [1.29, 1.82) is 0 Å². The van der Waals surface area contributed by atoms with Crippen molar-refractivity contribution >= 4 is 0 Å². The summed E-state index contributed by atoms with van der Waals surface area (Å²) < 4.78 is 11.1. The van der Waals surface area contributed by atoms with Crippen LogP contribution in [0.2, 0.25) is 0 Å². The van der Waals surface area contributed by atoms with Gasteiger partial charge in [0, 0.05) is 31.0 Å². The van der Waals surface area contributed by atoms with Gasteiger partial charge in [0.25, 0.3) is 0 Å². The highest BCUT2D eigenvalue weighted by Crippen LogP contribution is 2.30. The Morgan fingerprint density at radius 3 is 2.92 bits per heavy atom. The first-order chi connectivity index (χ1) is 11.9. The number of methoxy groups -OCH3 is 1. The van der Waals surface area contributed by atoms with Crippen molar-refractivity contribution in [2.24, 2.45) is 0 Å². The van der Waals surface area contributed by atoms with E-state index < -0.39 is 0 Å². The first-order valence-electron chi connectivity index (χ1n) is 8.77. The normalized spacial score (nSPS) is 18.3. The van der Waals surface area contributed by atoms with E-state index in [9.17, 15) is 0 Å². The van der Waals surface area contributed by atoms with Crippen molar-refractivity contribution < 1.29 is 9.47 Å². The van der Waals surface area contributed by atoms with Crippen LogP contribution in [0, 0.1) is 0 Å². The van der Waals surface area contributed by atoms with Gasteiger partial charge in [-0.2, -0.15) is 0 Å². The molecule has 1 aliphatic heterocycles. The molecule has 1 aliphatic rings. The first kappa shape index (κ1) is 16.8. The highest BCUT2D eigenvalue weighted by atomic mass is 16.5. The van der Waals surface area contributed by atoms with Crippen molar-refractivity contribution in [1.82, 2.24) is 9.88 Å². The van der Waals surface area contributed by atoms with Crippen molar-refractivity contribution in [3.05, 3.63) is 54.4 Å². The maximum absolute atomic E-state index is 5.86. The molecule has 128 valence electrons. The second kappa shape index (κ2) is 8.69. The van der Waals surface area contributed by atoms with Gasteiger partial charge in [0.2, 0.25) is 0 Å². The standard InChI is InChI=1S/C20H26N2O2/c1-23-18-8-4-9-19(15-18)24-14-6-13-22-12-3-2-10-20(22)17-7-5-11-21-16-17/h4-5,7-9,11,15-16,20H,2-3,6,10,12-14H2,1H3/t20-/m0/s1. The topological polar surface area (TPSA) is 34.6 Å². The Hall–Kier alpha value is -2.07. The molecule has 0 bridgehead atoms. The lowest BCUT2D eigenvalue weighted by molar-refractivity contribution is 0.137. The van der Waals surface area contributed by atoms with Crippen molar-refractivity contribution in [3.63, 3.8) is 0 Å². The zero-order valence-corrected chi connectivity index (χ0v) is 14.4. The fraction of sp³-hybridized carbons (Fsp3) is 0.450. The van der Waals surface area contributed by atoms with E-state index in [1.807, 2.05) is 42.7 Å². The van der Waals surface area contributed by atoms with E-state index in [0.717, 1.165) is 31.1 Å². The number of likely N-dealkylation sites (tertiary alicyclic amines) is 1. The van der Waals surface area contributed by atoms with Gasteiger partial charge >= 0.3 is 0 Å². The van der Waals surface area contributed by atoms with Gasteiger partial charge in [0.1, 0.15) is 11.5 Å². The molecule has 2 heterocycles. The Kier molecular flexibility index (Phi) is 6.07. The molecule has 1 aromatic carbocycles. The third-order valence-corrected chi connectivity index (χ3v) is 4.58. The minimum Gasteiger partial charge on any atom is -0.497 e. The monoisotopic (exact) mass is 326 g/mol. The summed E-state index contributed by atoms with van der Waals surface area (Å²) in [6.07, 6.45) is 8.69. The minimum atomic E-state index is 0.504. The lowest BCUT2D eigenvalue weighted by Crippen LogP contribution is -2.34. The molecule has 0 unspecified atom stereocenters. The van der Waals surface area contributed by atoms with Crippen LogP contribution in [0.1, 0.15) is 37.3 Å². The van der Waals surface area contributed by atoms with Crippen molar-refractivity contribution in [2.45, 2.75) is 31.7 Å². The predicted molar refractivity (Wildman–Crippen MR) is 95.5 cm³/mol. The van der Waals surface area contributed by atoms with Crippen molar-refractivity contribution in [2.75, 3.05) is 26.8 Å². The molecule has 0 amide bonds. The molecule has 3 rings (SSSR count). The molecule has 4 nitrogen and oxygen atoms in total. The molecule has 0 saturated carbocycles. The summed E-state index contributed by atoms with van der Waals surface area (Å²) >= 11 is 0. The molecule has 0 radical (unpaired) electrons. The van der Waals surface area contributed by atoms with Crippen LogP contribution in [0.5, 0.6) is 11.5 Å². The molecular formula is C20H26N2O2. The minimum absolute atomic E-state index is 0.504. The number of piperidine rings is 1. The summed E-state index contributed by atoms with van der Waals surface area (Å²) in [5.74, 6) is 1.71. The highest BCUT2D eigenvalue weighted by molar-refractivity contribution is 5.32. The van der Waals surface area contributed by atoms with Crippen LogP contribution < -0.4 is 9.47 Å². The summed E-state index contributed by atoms with van der Waals surface area (Å²) in [4.78, 5) is 6.86. The van der Waals surface area contributed by atoms with Crippen LogP contribution in [0.3, 0.4) is 0 Å². The van der Waals surface area contributed by atoms with Gasteiger partial charge in [0.05, 0.1) is 13.7 Å². The number of nitrogens with zero attached hydrogens (tertiary/aromatic N) is 2. The highest BCUT2D eigenvalue weighted by Gasteiger charge is 2.23. The van der Waals surface area contributed by atoms with E-state index >= 15 is 0 Å². The number of benzene rings is 1. The largest absolute Gasteiger partial charge is 0.497 e. The molecule has 1 atom stereocenters. The van der Waals surface area contributed by atoms with Crippen molar-refractivity contribution in [3.8, 4) is 11.5 Å². The lowest BCUT2D eigenvalue weighted by Gasteiger charge is -2.35. The second-order valence-corrected chi connectivity index (χ2v) is 6.21. The second-order valence-electron chi connectivity index (χ2n) is 6.21. The van der Waals surface area contributed by atoms with Gasteiger partial charge in [0.15, 0.2) is 0 Å². The third-order valence-electron chi connectivity index (χ3n) is 4.58. The summed E-state index contributed by atoms with van der Waals surface area (Å²) in [5, 5.41) is 0. The maximum atomic E-state index is 5.86. The van der Waals surface area contributed by atoms with E-state index in [-0.39, 0.29) is 0 Å². The number of hydrogen-bond acceptors (Lipinski definition) is 4. The van der Waals surface area contributed by atoms with E-state index in [1.54, 1.807) is 7.11 Å². The molecule has 0 N–H and O–H groups in total. The van der Waals surface area contributed by atoms with Gasteiger partial charge < -0.3 is 9.47 Å². The van der Waals surface area contributed by atoms with Gasteiger partial charge in [-0.25, -0.2) is 0 Å². The Balaban J connectivity index is 1.49. The molecule has 1 aromatic heterocycles. The Labute approximate surface area is 144 Å². The summed E-state index contributed by atoms with van der Waals surface area (Å²) in [6.45, 7) is 2.95. The Morgan fingerprint density at radius 2 is 2.08 bits per heavy atom. The first-order valence-corrected chi connectivity index (χ1v) is 8.77. The van der Waals surface area contributed by atoms with E-state index in [2.05, 4.69) is 16.0 Å². The molecule has 0 aliphatic carbocycles. The summed E-state index contributed by atoms with van der Waals surface area (Å²) in [7, 11) is 1.67. The SMILES string of the molecule is COc1cccc(OCCCN2CCCC[C@H]2c2cccnc2)c1. The van der Waals surface area contributed by atoms with Gasteiger partial charge in [-0.3, -0.25) is 9.88 Å². The fourth-order valence-electron chi connectivity index (χ4n) is 3.36. The zero-order chi connectivity index (χ0) is 16.6. The third kappa shape index (κ3) is 4.48. The summed E-state index contributed by atoms with van der Waals surface area (Å²) in [6, 6.07) is 12.5. The number of pyridine rings is 1. The van der Waals surface area contributed by atoms with Crippen LogP contribution in [0.25, 0.3) is 0 Å². The summed E-state index contributed by atoms with van der Waals surface area (Å²) in [5.41, 5.74) is 1.34. The molecule has 2 aromatic rings. The smallest absolute Gasteiger partial charge is 0.122 e. The predicted octanol–water partition coefficient (Wildman–Crippen LogP) is 4.09. The Morgan fingerprint density at radius 1 is 1.17 bits per heavy atom. The molecule has 4 heteroatoms. The van der Waals surface area contributed by atoms with Gasteiger partial charge in [-0.15, -0.1) is 0 Å². The molecule has 1 saturated heterocycles. The van der Waals surface area contributed by atoms with Gasteiger partial charge in [-0.1, -0.05) is 18.6 Å². The average molecular weight is 326 g/mol. The number of rotatable bonds is 7. The van der Waals surface area contributed by atoms with Crippen LogP contribution in [0.15, 0.2) is 48.8 Å². The van der Waals surface area contributed by atoms with Crippen LogP contribution in [-0.2, 0) is 0 Å². The molecule has 1 fully saturated rings. The molecule has 0 spiro atoms. The number of hydrogen-bond donors (Lipinski definition) is 0. The average Bonchev–Trinajstić information content (AvgIpc) is 2.66. The van der Waals surface area contributed by atoms with Crippen LogP contribution >= 0.6 is 0 Å². The number of ether oxygens (including phenoxy) is 2. The maximum Gasteiger partial charge on any atom is 0.122 e. The van der Waals surface area contributed by atoms with E-state index in [0.29, 0.717) is 6.04 Å². The van der Waals surface area contributed by atoms with Gasteiger partial charge in [-0.05, 0) is 49.6 Å². The zero-order valence-electron chi connectivity index (χ0n) is 14.4. The van der Waals surface area contributed by atoms with Crippen LogP contribution in [0.4, 0.5) is 0 Å². The van der Waals surface area contributed by atoms with E-state index in [1.165, 1.54) is 31.4 Å². The lowest BCUT2D eigenvalue weighted by atomic mass is 9.96. The van der Waals surface area contributed by atoms with E-state index in [4.69, 9.17) is 9.47 Å². The van der Waals surface area contributed by atoms with Crippen LogP contribution in [-0.4, -0.2) is 36.7 Å². The Bertz CT molecular complexity index is 618. The quantitative estimate of drug-likeness (QED) is 0.718. The molecule has 24 heavy (non-hydrogen) atoms.